The number of allylic oxidation sites excluding steroid dienone is 1. The average molecular weight is 303 g/mol. The lowest BCUT2D eigenvalue weighted by Gasteiger charge is -2.25. The first-order valence-corrected chi connectivity index (χ1v) is 6.52. The van der Waals surface area contributed by atoms with Gasteiger partial charge in [-0.1, -0.05) is 64.5 Å². The lowest BCUT2D eigenvalue weighted by molar-refractivity contribution is 0.414. The molecule has 0 saturated carbocycles. The third-order valence-corrected chi connectivity index (χ3v) is 4.20. The molecule has 18 heavy (non-hydrogen) atoms. The number of ether oxygens (including phenoxy) is 1. The highest BCUT2D eigenvalue weighted by Gasteiger charge is 2.27. The highest BCUT2D eigenvalue weighted by Crippen LogP contribution is 2.40. The zero-order chi connectivity index (χ0) is 13.0. The fourth-order valence-electron chi connectivity index (χ4n) is 1.93. The summed E-state index contributed by atoms with van der Waals surface area (Å²) in [5.74, 6) is 0.842. The van der Waals surface area contributed by atoms with Crippen LogP contribution in [-0.4, -0.2) is 7.11 Å². The molecule has 1 unspecified atom stereocenters. The van der Waals surface area contributed by atoms with Crippen LogP contribution < -0.4 is 4.74 Å². The Balaban J connectivity index is 2.53. The molecule has 0 spiro atoms. The Kier molecular flexibility index (Phi) is 3.87. The van der Waals surface area contributed by atoms with Gasteiger partial charge in [0.25, 0.3) is 0 Å². The Bertz CT molecular complexity index is 536. The van der Waals surface area contributed by atoms with Crippen molar-refractivity contribution in [2.45, 2.75) is 4.32 Å². The molecule has 0 aliphatic carbocycles. The summed E-state index contributed by atoms with van der Waals surface area (Å²) in [6.45, 7) is 3.95. The Morgan fingerprint density at radius 1 is 1.06 bits per heavy atom. The lowest BCUT2D eigenvalue weighted by atomic mass is 9.91. The smallest absolute Gasteiger partial charge is 0.119 e. The van der Waals surface area contributed by atoms with Gasteiger partial charge in [0.1, 0.15) is 5.75 Å². The minimum Gasteiger partial charge on any atom is -0.497 e. The molecule has 0 N–H and O–H groups in total. The molecule has 0 saturated heterocycles. The van der Waals surface area contributed by atoms with Crippen molar-refractivity contribution in [1.29, 1.82) is 0 Å². The van der Waals surface area contributed by atoms with Gasteiger partial charge in [0.2, 0.25) is 0 Å². The first-order valence-electron chi connectivity index (χ1n) is 5.73. The molecule has 2 rings (SSSR count). The monoisotopic (exact) mass is 302 g/mol. The van der Waals surface area contributed by atoms with Gasteiger partial charge < -0.3 is 4.74 Å². The van der Waals surface area contributed by atoms with E-state index in [1.165, 1.54) is 0 Å². The number of hydrogen-bond acceptors (Lipinski definition) is 1. The second-order valence-electron chi connectivity index (χ2n) is 4.01. The van der Waals surface area contributed by atoms with Gasteiger partial charge in [-0.05, 0) is 23.3 Å². The topological polar surface area (TPSA) is 9.23 Å². The predicted octanol–water partition coefficient (Wildman–Crippen LogP) is 4.52. The van der Waals surface area contributed by atoms with Crippen LogP contribution in [0.5, 0.6) is 5.75 Å². The van der Waals surface area contributed by atoms with E-state index in [1.54, 1.807) is 7.11 Å². The second-order valence-corrected chi connectivity index (χ2v) is 5.26. The molecule has 2 heteroatoms. The van der Waals surface area contributed by atoms with Crippen LogP contribution in [0.3, 0.4) is 0 Å². The minimum atomic E-state index is -0.386. The highest BCUT2D eigenvalue weighted by molar-refractivity contribution is 9.09. The third kappa shape index (κ3) is 2.34. The van der Waals surface area contributed by atoms with E-state index in [0.29, 0.717) is 0 Å². The van der Waals surface area contributed by atoms with Crippen molar-refractivity contribution in [3.8, 4) is 5.75 Å². The molecular formula is C16H15BrO. The zero-order valence-electron chi connectivity index (χ0n) is 10.3. The van der Waals surface area contributed by atoms with Crippen molar-refractivity contribution in [2.75, 3.05) is 7.11 Å². The van der Waals surface area contributed by atoms with Crippen molar-refractivity contribution in [3.63, 3.8) is 0 Å². The fourth-order valence-corrected chi connectivity index (χ4v) is 2.44. The van der Waals surface area contributed by atoms with E-state index in [1.807, 2.05) is 42.5 Å². The van der Waals surface area contributed by atoms with Gasteiger partial charge in [-0.3, -0.25) is 0 Å². The van der Waals surface area contributed by atoms with Crippen LogP contribution in [0.25, 0.3) is 0 Å². The maximum absolute atomic E-state index is 5.28. The molecular weight excluding hydrogens is 288 g/mol. The summed E-state index contributed by atoms with van der Waals surface area (Å²) in [7, 11) is 1.67. The quantitative estimate of drug-likeness (QED) is 0.596. The summed E-state index contributed by atoms with van der Waals surface area (Å²) in [6.07, 6.45) is 1.90. The van der Waals surface area contributed by atoms with Crippen molar-refractivity contribution in [1.82, 2.24) is 0 Å². The number of hydrogen-bond donors (Lipinski definition) is 0. The molecule has 0 aromatic heterocycles. The molecule has 1 nitrogen and oxygen atoms in total. The Morgan fingerprint density at radius 3 is 2.33 bits per heavy atom. The first kappa shape index (κ1) is 12.9. The van der Waals surface area contributed by atoms with Crippen LogP contribution in [0.4, 0.5) is 0 Å². The molecule has 0 aliphatic rings. The van der Waals surface area contributed by atoms with Crippen LogP contribution in [0.15, 0.2) is 67.3 Å². The van der Waals surface area contributed by atoms with E-state index < -0.39 is 0 Å². The molecule has 0 radical (unpaired) electrons. The molecule has 0 heterocycles. The van der Waals surface area contributed by atoms with Gasteiger partial charge in [0.15, 0.2) is 0 Å². The number of methoxy groups -OCH3 is 1. The van der Waals surface area contributed by atoms with Crippen LogP contribution in [0, 0.1) is 0 Å². The van der Waals surface area contributed by atoms with Gasteiger partial charge in [0, 0.05) is 0 Å². The Labute approximate surface area is 116 Å². The largest absolute Gasteiger partial charge is 0.497 e. The number of halogens is 1. The van der Waals surface area contributed by atoms with Crippen LogP contribution in [0.1, 0.15) is 11.1 Å². The number of rotatable bonds is 4. The van der Waals surface area contributed by atoms with Gasteiger partial charge in [-0.15, -0.1) is 6.58 Å². The molecule has 0 amide bonds. The normalized spacial score (nSPS) is 13.7. The molecule has 2 aromatic carbocycles. The van der Waals surface area contributed by atoms with Gasteiger partial charge in [0.05, 0.1) is 11.4 Å². The van der Waals surface area contributed by atoms with E-state index in [0.717, 1.165) is 16.9 Å². The Morgan fingerprint density at radius 2 is 1.72 bits per heavy atom. The number of benzene rings is 2. The zero-order valence-corrected chi connectivity index (χ0v) is 11.9. The SMILES string of the molecule is C=CC(Br)(c1ccccc1)c1cccc(OC)c1. The molecule has 0 fully saturated rings. The average Bonchev–Trinajstić information content (AvgIpc) is 2.47. The summed E-state index contributed by atoms with van der Waals surface area (Å²) in [5.41, 5.74) is 2.25. The number of alkyl halides is 1. The van der Waals surface area contributed by atoms with Crippen molar-refractivity contribution >= 4 is 15.9 Å². The summed E-state index contributed by atoms with van der Waals surface area (Å²) in [6, 6.07) is 18.2. The predicted molar refractivity (Wildman–Crippen MR) is 79.3 cm³/mol. The van der Waals surface area contributed by atoms with Gasteiger partial charge in [-0.2, -0.15) is 0 Å². The third-order valence-electron chi connectivity index (χ3n) is 2.97. The molecule has 1 atom stereocenters. The van der Waals surface area contributed by atoms with E-state index in [-0.39, 0.29) is 4.32 Å². The second kappa shape index (κ2) is 5.40. The van der Waals surface area contributed by atoms with E-state index in [4.69, 9.17) is 4.74 Å². The summed E-state index contributed by atoms with van der Waals surface area (Å²) < 4.78 is 4.89. The van der Waals surface area contributed by atoms with E-state index in [2.05, 4.69) is 40.7 Å². The standard InChI is InChI=1S/C16H15BrO/c1-3-16(17,13-8-5-4-6-9-13)14-10-7-11-15(12-14)18-2/h3-12H,1H2,2H3. The lowest BCUT2D eigenvalue weighted by Crippen LogP contribution is -2.16. The van der Waals surface area contributed by atoms with Crippen molar-refractivity contribution in [3.05, 3.63) is 78.4 Å². The summed E-state index contributed by atoms with van der Waals surface area (Å²) >= 11 is 3.79. The van der Waals surface area contributed by atoms with Gasteiger partial charge in [-0.25, -0.2) is 0 Å². The molecule has 0 bridgehead atoms. The molecule has 0 aliphatic heterocycles. The van der Waals surface area contributed by atoms with Crippen LogP contribution in [0.2, 0.25) is 0 Å². The van der Waals surface area contributed by atoms with Crippen LogP contribution in [-0.2, 0) is 4.32 Å². The van der Waals surface area contributed by atoms with Gasteiger partial charge >= 0.3 is 0 Å². The van der Waals surface area contributed by atoms with E-state index >= 15 is 0 Å². The highest BCUT2D eigenvalue weighted by atomic mass is 79.9. The maximum Gasteiger partial charge on any atom is 0.119 e. The minimum absolute atomic E-state index is 0.386. The van der Waals surface area contributed by atoms with Crippen LogP contribution >= 0.6 is 15.9 Å². The summed E-state index contributed by atoms with van der Waals surface area (Å²) in [4.78, 5) is 0. The van der Waals surface area contributed by atoms with E-state index in [9.17, 15) is 0 Å². The maximum atomic E-state index is 5.28. The first-order chi connectivity index (χ1) is 8.70. The Hall–Kier alpha value is -1.54. The summed E-state index contributed by atoms with van der Waals surface area (Å²) in [5, 5.41) is 0. The molecule has 2 aromatic rings. The van der Waals surface area contributed by atoms with Crippen molar-refractivity contribution < 1.29 is 4.74 Å². The van der Waals surface area contributed by atoms with Crippen molar-refractivity contribution in [2.24, 2.45) is 0 Å². The molecule has 92 valence electrons. The fraction of sp³-hybridized carbons (Fsp3) is 0.125.